The highest BCUT2D eigenvalue weighted by Gasteiger charge is 2.07. The first-order valence-corrected chi connectivity index (χ1v) is 4.21. The first-order valence-electron chi connectivity index (χ1n) is 3.67. The van der Waals surface area contributed by atoms with Gasteiger partial charge in [-0.3, -0.25) is 10.1 Å². The van der Waals surface area contributed by atoms with Crippen molar-refractivity contribution in [1.29, 1.82) is 0 Å². The minimum atomic E-state index is -0.550. The molecule has 1 aromatic carbocycles. The van der Waals surface area contributed by atoms with Gasteiger partial charge in [-0.05, 0) is 6.07 Å². The molecule has 14 heavy (non-hydrogen) atoms. The van der Waals surface area contributed by atoms with Crippen LogP contribution in [-0.4, -0.2) is 15.9 Å². The number of phenolic OH excluding ortho intramolecular Hbond substituents is 1. The average Bonchev–Trinajstić information content (AvgIpc) is 2.16. The van der Waals surface area contributed by atoms with Crippen molar-refractivity contribution in [2.45, 2.75) is 0 Å². The van der Waals surface area contributed by atoms with Crippen molar-refractivity contribution >= 4 is 17.3 Å². The van der Waals surface area contributed by atoms with Gasteiger partial charge in [0.25, 0.3) is 5.69 Å². The van der Waals surface area contributed by atoms with Gasteiger partial charge < -0.3 is 5.11 Å². The number of non-ortho nitro benzene ring substituents is 1. The lowest BCUT2D eigenvalue weighted by Crippen LogP contribution is -1.88. The first-order chi connectivity index (χ1) is 6.65. The number of nitro groups is 1. The predicted octanol–water partition coefficient (Wildman–Crippen LogP) is 1.89. The summed E-state index contributed by atoms with van der Waals surface area (Å²) < 4.78 is 0. The molecule has 0 aliphatic heterocycles. The van der Waals surface area contributed by atoms with E-state index >= 15 is 0 Å². The Labute approximate surface area is 85.3 Å². The molecule has 0 fully saturated rings. The number of nitrogens with zero attached hydrogens (tertiary/aromatic N) is 1. The zero-order chi connectivity index (χ0) is 10.6. The number of hydrogen-bond donors (Lipinski definition) is 1. The number of rotatable bonds is 1. The molecule has 4 nitrogen and oxygen atoms in total. The molecule has 0 heterocycles. The first kappa shape index (κ1) is 10.4. The number of hydrogen-bond acceptors (Lipinski definition) is 3. The molecule has 1 rings (SSSR count). The lowest BCUT2D eigenvalue weighted by Gasteiger charge is -1.95. The highest BCUT2D eigenvalue weighted by Crippen LogP contribution is 2.21. The second-order valence-corrected chi connectivity index (χ2v) is 2.66. The van der Waals surface area contributed by atoms with Gasteiger partial charge in [-0.15, -0.1) is 11.6 Å². The average molecular weight is 212 g/mol. The molecule has 0 saturated carbocycles. The number of aromatic hydroxyl groups is 1. The molecule has 0 aliphatic rings. The van der Waals surface area contributed by atoms with E-state index in [-0.39, 0.29) is 22.9 Å². The van der Waals surface area contributed by atoms with E-state index in [0.29, 0.717) is 0 Å². The van der Waals surface area contributed by atoms with Crippen molar-refractivity contribution in [1.82, 2.24) is 0 Å². The molecule has 0 aliphatic carbocycles. The molecule has 0 saturated heterocycles. The summed E-state index contributed by atoms with van der Waals surface area (Å²) in [7, 11) is 0. The van der Waals surface area contributed by atoms with Gasteiger partial charge in [0.1, 0.15) is 5.75 Å². The number of halogens is 1. The monoisotopic (exact) mass is 211 g/mol. The van der Waals surface area contributed by atoms with Gasteiger partial charge >= 0.3 is 0 Å². The fraction of sp³-hybridized carbons (Fsp3) is 0.111. The fourth-order valence-corrected chi connectivity index (χ4v) is 0.933. The largest absolute Gasteiger partial charge is 0.507 e. The van der Waals surface area contributed by atoms with Crippen LogP contribution in [0.25, 0.3) is 0 Å². The van der Waals surface area contributed by atoms with Crippen LogP contribution in [0.5, 0.6) is 5.75 Å². The molecule has 0 amide bonds. The molecule has 72 valence electrons. The van der Waals surface area contributed by atoms with E-state index in [4.69, 9.17) is 11.6 Å². The Hall–Kier alpha value is -1.73. The summed E-state index contributed by atoms with van der Waals surface area (Å²) in [6.07, 6.45) is 0. The molecule has 0 aromatic heterocycles. The number of alkyl halides is 1. The van der Waals surface area contributed by atoms with Crippen LogP contribution in [-0.2, 0) is 0 Å². The maximum Gasteiger partial charge on any atom is 0.270 e. The van der Waals surface area contributed by atoms with E-state index < -0.39 is 4.92 Å². The lowest BCUT2D eigenvalue weighted by atomic mass is 10.2. The van der Waals surface area contributed by atoms with Crippen LogP contribution in [0.4, 0.5) is 5.69 Å². The van der Waals surface area contributed by atoms with Crippen molar-refractivity contribution in [3.05, 3.63) is 33.9 Å². The Morgan fingerprint density at radius 2 is 2.29 bits per heavy atom. The van der Waals surface area contributed by atoms with Crippen molar-refractivity contribution < 1.29 is 10.0 Å². The fourth-order valence-electron chi connectivity index (χ4n) is 0.866. The summed E-state index contributed by atoms with van der Waals surface area (Å²) in [5.41, 5.74) is 0.0986. The van der Waals surface area contributed by atoms with E-state index in [9.17, 15) is 15.2 Å². The lowest BCUT2D eigenvalue weighted by molar-refractivity contribution is -0.384. The number of benzene rings is 1. The maximum absolute atomic E-state index is 10.4. The van der Waals surface area contributed by atoms with E-state index in [1.807, 2.05) is 0 Å². The highest BCUT2D eigenvalue weighted by molar-refractivity contribution is 6.19. The van der Waals surface area contributed by atoms with Gasteiger partial charge in [0.2, 0.25) is 0 Å². The van der Waals surface area contributed by atoms with Crippen LogP contribution in [0.2, 0.25) is 0 Å². The van der Waals surface area contributed by atoms with Gasteiger partial charge in [0.15, 0.2) is 0 Å². The van der Waals surface area contributed by atoms with Crippen molar-refractivity contribution in [3.63, 3.8) is 0 Å². The van der Waals surface area contributed by atoms with Crippen LogP contribution in [0.3, 0.4) is 0 Å². The third-order valence-electron chi connectivity index (χ3n) is 1.48. The SMILES string of the molecule is O=[N+]([O-])c1ccc(O)c(C#CCCl)c1. The molecule has 0 unspecified atom stereocenters. The van der Waals surface area contributed by atoms with Gasteiger partial charge in [0.05, 0.1) is 16.4 Å². The summed E-state index contributed by atoms with van der Waals surface area (Å²) in [5, 5.41) is 19.7. The molecule has 5 heteroatoms. The third-order valence-corrected chi connectivity index (χ3v) is 1.61. The molecule has 1 aromatic rings. The summed E-state index contributed by atoms with van der Waals surface area (Å²) in [4.78, 5) is 9.84. The minimum Gasteiger partial charge on any atom is -0.507 e. The summed E-state index contributed by atoms with van der Waals surface area (Å²) in [5.74, 6) is 5.05. The molecule has 0 bridgehead atoms. The summed E-state index contributed by atoms with van der Waals surface area (Å²) in [6, 6.07) is 3.65. The van der Waals surface area contributed by atoms with Crippen LogP contribution in [0, 0.1) is 22.0 Å². The van der Waals surface area contributed by atoms with E-state index in [1.54, 1.807) is 0 Å². The van der Waals surface area contributed by atoms with E-state index in [2.05, 4.69) is 11.8 Å². The quantitative estimate of drug-likeness (QED) is 0.334. The Bertz CT molecular complexity index is 420. The molecular formula is C9H6ClNO3. The zero-order valence-electron chi connectivity index (χ0n) is 7.03. The summed E-state index contributed by atoms with van der Waals surface area (Å²) >= 11 is 5.32. The maximum atomic E-state index is 10.4. The van der Waals surface area contributed by atoms with Crippen LogP contribution >= 0.6 is 11.6 Å². The number of phenols is 1. The summed E-state index contributed by atoms with van der Waals surface area (Å²) in [6.45, 7) is 0. The smallest absolute Gasteiger partial charge is 0.270 e. The van der Waals surface area contributed by atoms with Crippen LogP contribution in [0.1, 0.15) is 5.56 Å². The predicted molar refractivity (Wildman–Crippen MR) is 52.4 cm³/mol. The van der Waals surface area contributed by atoms with Crippen molar-refractivity contribution in [2.75, 3.05) is 5.88 Å². The van der Waals surface area contributed by atoms with Gasteiger partial charge in [-0.25, -0.2) is 0 Å². The Morgan fingerprint density at radius 1 is 1.57 bits per heavy atom. The topological polar surface area (TPSA) is 63.4 Å². The van der Waals surface area contributed by atoms with Gasteiger partial charge in [-0.2, -0.15) is 0 Å². The Kier molecular flexibility index (Phi) is 3.32. The van der Waals surface area contributed by atoms with Crippen molar-refractivity contribution in [3.8, 4) is 17.6 Å². The second kappa shape index (κ2) is 4.49. The van der Waals surface area contributed by atoms with E-state index in [0.717, 1.165) is 0 Å². The molecule has 1 N–H and O–H groups in total. The minimum absolute atomic E-state index is 0.0896. The van der Waals surface area contributed by atoms with Crippen molar-refractivity contribution in [2.24, 2.45) is 0 Å². The Morgan fingerprint density at radius 3 is 2.86 bits per heavy atom. The molecule has 0 radical (unpaired) electrons. The molecule has 0 spiro atoms. The zero-order valence-corrected chi connectivity index (χ0v) is 7.78. The standard InChI is InChI=1S/C9H6ClNO3/c10-5-1-2-7-6-8(11(13)14)3-4-9(7)12/h3-4,6,12H,5H2. The van der Waals surface area contributed by atoms with Crippen LogP contribution < -0.4 is 0 Å². The molecular weight excluding hydrogens is 206 g/mol. The van der Waals surface area contributed by atoms with E-state index in [1.165, 1.54) is 18.2 Å². The van der Waals surface area contributed by atoms with Gasteiger partial charge in [0, 0.05) is 12.1 Å². The van der Waals surface area contributed by atoms with Gasteiger partial charge in [-0.1, -0.05) is 11.8 Å². The normalized spacial score (nSPS) is 8.93. The second-order valence-electron chi connectivity index (χ2n) is 2.39. The molecule has 0 atom stereocenters. The number of nitro benzene ring substituents is 1. The third kappa shape index (κ3) is 2.38. The Balaban J connectivity index is 3.14. The van der Waals surface area contributed by atoms with Crippen LogP contribution in [0.15, 0.2) is 18.2 Å². The highest BCUT2D eigenvalue weighted by atomic mass is 35.5.